The molecule has 16 heavy (non-hydrogen) atoms. The van der Waals surface area contributed by atoms with E-state index in [1.54, 1.807) is 6.07 Å². The van der Waals surface area contributed by atoms with Gasteiger partial charge in [-0.2, -0.15) is 0 Å². The molecule has 0 unspecified atom stereocenters. The van der Waals surface area contributed by atoms with Gasteiger partial charge >= 0.3 is 0 Å². The van der Waals surface area contributed by atoms with Gasteiger partial charge in [0.1, 0.15) is 6.61 Å². The highest BCUT2D eigenvalue weighted by molar-refractivity contribution is 5.35. The molecule has 0 spiro atoms. The molecule has 0 amide bonds. The second-order valence-electron chi connectivity index (χ2n) is 3.66. The van der Waals surface area contributed by atoms with Crippen molar-refractivity contribution in [2.24, 2.45) is 5.73 Å². The third kappa shape index (κ3) is 3.35. The number of halogens is 1. The Labute approximate surface area is 95.9 Å². The molecule has 1 aromatic rings. The van der Waals surface area contributed by atoms with Crippen molar-refractivity contribution in [1.82, 2.24) is 0 Å². The molecule has 2 N–H and O–H groups in total. The molecular formula is C13H18FNO. The number of para-hydroxylation sites is 1. The minimum absolute atomic E-state index is 0.308. The summed E-state index contributed by atoms with van der Waals surface area (Å²) < 4.78 is 19.0. The van der Waals surface area contributed by atoms with Crippen molar-refractivity contribution in [1.29, 1.82) is 0 Å². The number of nitrogens with two attached hydrogens (primary N) is 1. The van der Waals surface area contributed by atoms with E-state index in [1.807, 2.05) is 13.0 Å². The van der Waals surface area contributed by atoms with Crippen LogP contribution in [0.5, 0.6) is 5.75 Å². The van der Waals surface area contributed by atoms with E-state index in [4.69, 9.17) is 10.5 Å². The topological polar surface area (TPSA) is 35.2 Å². The molecule has 88 valence electrons. The molecule has 1 rings (SSSR count). The summed E-state index contributed by atoms with van der Waals surface area (Å²) in [6, 6.07) is 4.89. The summed E-state index contributed by atoms with van der Waals surface area (Å²) in [5.41, 5.74) is 7.22. The first-order chi connectivity index (χ1) is 7.69. The van der Waals surface area contributed by atoms with Crippen LogP contribution in [0.25, 0.3) is 0 Å². The number of rotatable bonds is 6. The highest BCUT2D eigenvalue weighted by Crippen LogP contribution is 2.23. The third-order valence-electron chi connectivity index (χ3n) is 2.38. The van der Waals surface area contributed by atoms with Gasteiger partial charge in [0.05, 0.1) is 0 Å². The Hall–Kier alpha value is -1.35. The van der Waals surface area contributed by atoms with Gasteiger partial charge in [-0.1, -0.05) is 25.6 Å². The average Bonchev–Trinajstić information content (AvgIpc) is 2.28. The van der Waals surface area contributed by atoms with Crippen molar-refractivity contribution in [2.45, 2.75) is 19.8 Å². The molecule has 0 aromatic heterocycles. The Kier molecular flexibility index (Phi) is 4.99. The quantitative estimate of drug-likeness (QED) is 0.752. The molecule has 0 atom stereocenters. The lowest BCUT2D eigenvalue weighted by molar-refractivity contribution is 0.326. The molecule has 0 saturated heterocycles. The van der Waals surface area contributed by atoms with E-state index in [1.165, 1.54) is 6.07 Å². The van der Waals surface area contributed by atoms with Crippen molar-refractivity contribution >= 4 is 0 Å². The van der Waals surface area contributed by atoms with Gasteiger partial charge < -0.3 is 10.5 Å². The van der Waals surface area contributed by atoms with E-state index in [0.717, 1.165) is 17.6 Å². The van der Waals surface area contributed by atoms with E-state index in [-0.39, 0.29) is 5.82 Å². The van der Waals surface area contributed by atoms with Gasteiger partial charge in [-0.25, -0.2) is 4.39 Å². The van der Waals surface area contributed by atoms with Crippen LogP contribution in [0.15, 0.2) is 30.4 Å². The molecule has 0 aliphatic heterocycles. The molecular weight excluding hydrogens is 205 g/mol. The van der Waals surface area contributed by atoms with Crippen LogP contribution in [0.3, 0.4) is 0 Å². The molecule has 0 saturated carbocycles. The predicted octanol–water partition coefficient (Wildman–Crippen LogP) is 2.67. The number of benzene rings is 1. The van der Waals surface area contributed by atoms with Crippen LogP contribution in [0.1, 0.15) is 18.9 Å². The molecule has 0 heterocycles. The van der Waals surface area contributed by atoms with Crippen LogP contribution < -0.4 is 10.5 Å². The summed E-state index contributed by atoms with van der Waals surface area (Å²) in [5.74, 6) is -0.0302. The highest BCUT2D eigenvalue weighted by Gasteiger charge is 2.09. The Morgan fingerprint density at radius 2 is 2.25 bits per heavy atom. The number of hydrogen-bond donors (Lipinski definition) is 1. The number of ether oxygens (including phenoxy) is 1. The largest absolute Gasteiger partial charge is 0.486 e. The summed E-state index contributed by atoms with van der Waals surface area (Å²) in [7, 11) is 0. The Bertz CT molecular complexity index is 363. The zero-order valence-corrected chi connectivity index (χ0v) is 9.63. The molecule has 0 bridgehead atoms. The zero-order valence-electron chi connectivity index (χ0n) is 9.63. The first-order valence-electron chi connectivity index (χ1n) is 5.46. The average molecular weight is 223 g/mol. The molecule has 0 aliphatic carbocycles. The van der Waals surface area contributed by atoms with Crippen LogP contribution in [0.2, 0.25) is 0 Å². The van der Waals surface area contributed by atoms with Crippen molar-refractivity contribution in [3.8, 4) is 5.75 Å². The van der Waals surface area contributed by atoms with Crippen LogP contribution in [-0.4, -0.2) is 13.2 Å². The van der Waals surface area contributed by atoms with E-state index in [9.17, 15) is 4.39 Å². The fourth-order valence-electron chi connectivity index (χ4n) is 1.34. The smallest absolute Gasteiger partial charge is 0.165 e. The maximum atomic E-state index is 13.5. The van der Waals surface area contributed by atoms with Crippen molar-refractivity contribution in [3.05, 3.63) is 41.7 Å². The molecule has 0 fully saturated rings. The first kappa shape index (κ1) is 12.7. The minimum atomic E-state index is -0.338. The van der Waals surface area contributed by atoms with E-state index in [0.29, 0.717) is 25.3 Å². The summed E-state index contributed by atoms with van der Waals surface area (Å²) in [6.45, 7) is 6.65. The summed E-state index contributed by atoms with van der Waals surface area (Å²) in [4.78, 5) is 0. The molecule has 2 nitrogen and oxygen atoms in total. The SMILES string of the molecule is C=C(CC)COc1c(F)cccc1CCN. The zero-order chi connectivity index (χ0) is 12.0. The predicted molar refractivity (Wildman–Crippen MR) is 64.1 cm³/mol. The van der Waals surface area contributed by atoms with E-state index < -0.39 is 0 Å². The molecule has 0 radical (unpaired) electrons. The van der Waals surface area contributed by atoms with E-state index in [2.05, 4.69) is 6.58 Å². The van der Waals surface area contributed by atoms with Crippen molar-refractivity contribution < 1.29 is 9.13 Å². The van der Waals surface area contributed by atoms with Crippen LogP contribution in [0.4, 0.5) is 4.39 Å². The summed E-state index contributed by atoms with van der Waals surface area (Å²) in [6.07, 6.45) is 1.45. The van der Waals surface area contributed by atoms with Gasteiger partial charge in [-0.3, -0.25) is 0 Å². The molecule has 0 aliphatic rings. The van der Waals surface area contributed by atoms with Gasteiger partial charge in [0, 0.05) is 0 Å². The monoisotopic (exact) mass is 223 g/mol. The summed E-state index contributed by atoms with van der Waals surface area (Å²) in [5, 5.41) is 0. The second kappa shape index (κ2) is 6.28. The van der Waals surface area contributed by atoms with Gasteiger partial charge in [-0.15, -0.1) is 0 Å². The fraction of sp³-hybridized carbons (Fsp3) is 0.385. The standard InChI is InChI=1S/C13H18FNO/c1-3-10(2)9-16-13-11(7-8-15)5-4-6-12(13)14/h4-6H,2-3,7-9,15H2,1H3. The molecule has 1 aromatic carbocycles. The lowest BCUT2D eigenvalue weighted by Crippen LogP contribution is -2.08. The normalized spacial score (nSPS) is 10.2. The second-order valence-corrected chi connectivity index (χ2v) is 3.66. The Balaban J connectivity index is 2.79. The van der Waals surface area contributed by atoms with Crippen LogP contribution in [-0.2, 0) is 6.42 Å². The third-order valence-corrected chi connectivity index (χ3v) is 2.38. The van der Waals surface area contributed by atoms with Gasteiger partial charge in [0.25, 0.3) is 0 Å². The van der Waals surface area contributed by atoms with Crippen molar-refractivity contribution in [3.63, 3.8) is 0 Å². The van der Waals surface area contributed by atoms with Gasteiger partial charge in [0.2, 0.25) is 0 Å². The first-order valence-corrected chi connectivity index (χ1v) is 5.46. The van der Waals surface area contributed by atoms with Crippen LogP contribution >= 0.6 is 0 Å². The number of hydrogen-bond acceptors (Lipinski definition) is 2. The van der Waals surface area contributed by atoms with Gasteiger partial charge in [0.15, 0.2) is 11.6 Å². The highest BCUT2D eigenvalue weighted by atomic mass is 19.1. The van der Waals surface area contributed by atoms with Crippen molar-refractivity contribution in [2.75, 3.05) is 13.2 Å². The van der Waals surface area contributed by atoms with Gasteiger partial charge in [-0.05, 0) is 36.6 Å². The maximum Gasteiger partial charge on any atom is 0.165 e. The fourth-order valence-corrected chi connectivity index (χ4v) is 1.34. The minimum Gasteiger partial charge on any atom is -0.486 e. The maximum absolute atomic E-state index is 13.5. The Morgan fingerprint density at radius 1 is 1.50 bits per heavy atom. The lowest BCUT2D eigenvalue weighted by Gasteiger charge is -2.12. The lowest BCUT2D eigenvalue weighted by atomic mass is 10.1. The molecule has 3 heteroatoms. The van der Waals surface area contributed by atoms with Crippen LogP contribution in [0, 0.1) is 5.82 Å². The Morgan fingerprint density at radius 3 is 2.88 bits per heavy atom. The summed E-state index contributed by atoms with van der Waals surface area (Å²) >= 11 is 0. The van der Waals surface area contributed by atoms with E-state index >= 15 is 0 Å².